The first-order valence-corrected chi connectivity index (χ1v) is 8.57. The van der Waals surface area contributed by atoms with E-state index in [9.17, 15) is 4.79 Å². The van der Waals surface area contributed by atoms with Crippen molar-refractivity contribution < 1.29 is 4.79 Å². The first-order chi connectivity index (χ1) is 11.2. The second-order valence-electron chi connectivity index (χ2n) is 6.03. The van der Waals surface area contributed by atoms with Crippen molar-refractivity contribution in [3.8, 4) is 0 Å². The minimum absolute atomic E-state index is 0.0439. The molecule has 0 aliphatic carbocycles. The standard InChI is InChI=1S/C18H28N4O/c1-3-19-18(22-13-9-15(2)10-14-22)21-12-11-20-17(23)16-7-5-4-6-8-16/h4-8,15H,3,9-14H2,1-2H3,(H,19,21)(H,20,23). The summed E-state index contributed by atoms with van der Waals surface area (Å²) < 4.78 is 0. The maximum absolute atomic E-state index is 12.0. The first-order valence-electron chi connectivity index (χ1n) is 8.57. The number of amides is 1. The molecule has 2 rings (SSSR count). The van der Waals surface area contributed by atoms with Crippen LogP contribution in [0.4, 0.5) is 0 Å². The Bertz CT molecular complexity index is 507. The van der Waals surface area contributed by atoms with Crippen molar-refractivity contribution in [2.75, 3.05) is 32.7 Å². The Morgan fingerprint density at radius 2 is 1.91 bits per heavy atom. The maximum atomic E-state index is 12.0. The molecule has 1 aromatic rings. The molecule has 1 aliphatic rings. The highest BCUT2D eigenvalue weighted by molar-refractivity contribution is 5.94. The van der Waals surface area contributed by atoms with Crippen LogP contribution in [0.5, 0.6) is 0 Å². The van der Waals surface area contributed by atoms with E-state index >= 15 is 0 Å². The molecule has 0 atom stereocenters. The Hall–Kier alpha value is -2.04. The highest BCUT2D eigenvalue weighted by Crippen LogP contribution is 2.15. The number of carbonyl (C=O) groups is 1. The third kappa shape index (κ3) is 5.58. The molecule has 0 saturated carbocycles. The third-order valence-corrected chi connectivity index (χ3v) is 4.11. The minimum atomic E-state index is -0.0439. The normalized spacial score (nSPS) is 16.3. The number of nitrogens with one attached hydrogen (secondary N) is 2. The molecule has 1 heterocycles. The van der Waals surface area contributed by atoms with Crippen LogP contribution in [0.3, 0.4) is 0 Å². The molecule has 1 fully saturated rings. The molecule has 0 aromatic heterocycles. The van der Waals surface area contributed by atoms with E-state index in [1.807, 2.05) is 30.3 Å². The van der Waals surface area contributed by atoms with Gasteiger partial charge < -0.3 is 15.5 Å². The summed E-state index contributed by atoms with van der Waals surface area (Å²) >= 11 is 0. The topological polar surface area (TPSA) is 56.7 Å². The van der Waals surface area contributed by atoms with Gasteiger partial charge in [0.15, 0.2) is 5.96 Å². The molecular formula is C18H28N4O. The smallest absolute Gasteiger partial charge is 0.251 e. The Balaban J connectivity index is 1.80. The molecule has 0 bridgehead atoms. The van der Waals surface area contributed by atoms with E-state index in [4.69, 9.17) is 0 Å². The molecule has 23 heavy (non-hydrogen) atoms. The van der Waals surface area contributed by atoms with Crippen LogP contribution in [0.15, 0.2) is 35.3 Å². The number of carbonyl (C=O) groups excluding carboxylic acids is 1. The molecule has 5 heteroatoms. The molecule has 1 aromatic carbocycles. The van der Waals surface area contributed by atoms with E-state index in [2.05, 4.69) is 34.4 Å². The van der Waals surface area contributed by atoms with Gasteiger partial charge in [0.05, 0.1) is 6.54 Å². The van der Waals surface area contributed by atoms with Crippen molar-refractivity contribution in [1.82, 2.24) is 15.5 Å². The van der Waals surface area contributed by atoms with Crippen molar-refractivity contribution in [2.45, 2.75) is 26.7 Å². The summed E-state index contributed by atoms with van der Waals surface area (Å²) in [6.45, 7) is 8.51. The SMILES string of the molecule is CCNC(=NCCNC(=O)c1ccccc1)N1CCC(C)CC1. The van der Waals surface area contributed by atoms with E-state index in [0.29, 0.717) is 18.7 Å². The molecule has 126 valence electrons. The fourth-order valence-corrected chi connectivity index (χ4v) is 2.67. The average Bonchev–Trinajstić information content (AvgIpc) is 2.59. The molecule has 0 spiro atoms. The van der Waals surface area contributed by atoms with E-state index in [1.54, 1.807) is 0 Å². The summed E-state index contributed by atoms with van der Waals surface area (Å²) in [5, 5.41) is 6.26. The predicted octanol–water partition coefficient (Wildman–Crippen LogP) is 2.11. The number of hydrogen-bond acceptors (Lipinski definition) is 2. The highest BCUT2D eigenvalue weighted by atomic mass is 16.1. The zero-order chi connectivity index (χ0) is 16.5. The van der Waals surface area contributed by atoms with Gasteiger partial charge in [0.2, 0.25) is 0 Å². The predicted molar refractivity (Wildman–Crippen MR) is 94.7 cm³/mol. The van der Waals surface area contributed by atoms with Crippen molar-refractivity contribution in [1.29, 1.82) is 0 Å². The largest absolute Gasteiger partial charge is 0.357 e. The van der Waals surface area contributed by atoms with Crippen LogP contribution in [0.2, 0.25) is 0 Å². The highest BCUT2D eigenvalue weighted by Gasteiger charge is 2.18. The lowest BCUT2D eigenvalue weighted by Crippen LogP contribution is -2.45. The van der Waals surface area contributed by atoms with Gasteiger partial charge in [-0.15, -0.1) is 0 Å². The van der Waals surface area contributed by atoms with Crippen LogP contribution >= 0.6 is 0 Å². The van der Waals surface area contributed by atoms with Crippen LogP contribution in [-0.2, 0) is 0 Å². The van der Waals surface area contributed by atoms with Gasteiger partial charge in [0.1, 0.15) is 0 Å². The summed E-state index contributed by atoms with van der Waals surface area (Å²) in [4.78, 5) is 18.9. The van der Waals surface area contributed by atoms with E-state index < -0.39 is 0 Å². The number of hydrogen-bond donors (Lipinski definition) is 2. The maximum Gasteiger partial charge on any atom is 0.251 e. The number of aliphatic imine (C=N–C) groups is 1. The molecule has 5 nitrogen and oxygen atoms in total. The van der Waals surface area contributed by atoms with Crippen molar-refractivity contribution in [2.24, 2.45) is 10.9 Å². The number of piperidine rings is 1. The summed E-state index contributed by atoms with van der Waals surface area (Å²) in [6.07, 6.45) is 2.43. The molecule has 1 aliphatic heterocycles. The molecule has 0 radical (unpaired) electrons. The van der Waals surface area contributed by atoms with Crippen molar-refractivity contribution in [3.63, 3.8) is 0 Å². The summed E-state index contributed by atoms with van der Waals surface area (Å²) in [7, 11) is 0. The molecular weight excluding hydrogens is 288 g/mol. The zero-order valence-corrected chi connectivity index (χ0v) is 14.2. The molecule has 2 N–H and O–H groups in total. The van der Waals surface area contributed by atoms with E-state index in [1.165, 1.54) is 12.8 Å². The Kier molecular flexibility index (Phi) is 6.91. The quantitative estimate of drug-likeness (QED) is 0.497. The number of guanidine groups is 1. The van der Waals surface area contributed by atoms with Crippen LogP contribution in [0.25, 0.3) is 0 Å². The first kappa shape index (κ1) is 17.3. The lowest BCUT2D eigenvalue weighted by molar-refractivity contribution is 0.0954. The summed E-state index contributed by atoms with van der Waals surface area (Å²) in [5.74, 6) is 1.73. The van der Waals surface area contributed by atoms with Crippen LogP contribution in [-0.4, -0.2) is 49.5 Å². The minimum Gasteiger partial charge on any atom is -0.357 e. The second kappa shape index (κ2) is 9.18. The van der Waals surface area contributed by atoms with Crippen LogP contribution in [0.1, 0.15) is 37.0 Å². The lowest BCUT2D eigenvalue weighted by atomic mass is 10.00. The number of benzene rings is 1. The van der Waals surface area contributed by atoms with E-state index in [-0.39, 0.29) is 5.91 Å². The van der Waals surface area contributed by atoms with Gasteiger partial charge in [-0.05, 0) is 37.8 Å². The number of likely N-dealkylation sites (tertiary alicyclic amines) is 1. The van der Waals surface area contributed by atoms with Gasteiger partial charge in [-0.1, -0.05) is 25.1 Å². The molecule has 0 unspecified atom stereocenters. The number of rotatable bonds is 5. The fourth-order valence-electron chi connectivity index (χ4n) is 2.67. The Labute approximate surface area is 139 Å². The van der Waals surface area contributed by atoms with Gasteiger partial charge >= 0.3 is 0 Å². The molecule has 1 amide bonds. The van der Waals surface area contributed by atoms with Gasteiger partial charge in [0.25, 0.3) is 5.91 Å². The lowest BCUT2D eigenvalue weighted by Gasteiger charge is -2.33. The number of nitrogens with zero attached hydrogens (tertiary/aromatic N) is 2. The average molecular weight is 316 g/mol. The van der Waals surface area contributed by atoms with Crippen molar-refractivity contribution >= 4 is 11.9 Å². The zero-order valence-electron chi connectivity index (χ0n) is 14.2. The fraction of sp³-hybridized carbons (Fsp3) is 0.556. The van der Waals surface area contributed by atoms with Gasteiger partial charge in [-0.3, -0.25) is 9.79 Å². The van der Waals surface area contributed by atoms with Gasteiger partial charge in [-0.2, -0.15) is 0 Å². The Morgan fingerprint density at radius 3 is 2.57 bits per heavy atom. The summed E-state index contributed by atoms with van der Waals surface area (Å²) in [6, 6.07) is 9.28. The van der Waals surface area contributed by atoms with Gasteiger partial charge in [-0.25, -0.2) is 0 Å². The Morgan fingerprint density at radius 1 is 1.22 bits per heavy atom. The monoisotopic (exact) mass is 316 g/mol. The van der Waals surface area contributed by atoms with Crippen molar-refractivity contribution in [3.05, 3.63) is 35.9 Å². The summed E-state index contributed by atoms with van der Waals surface area (Å²) in [5.41, 5.74) is 0.688. The second-order valence-corrected chi connectivity index (χ2v) is 6.03. The van der Waals surface area contributed by atoms with Crippen LogP contribution in [0, 0.1) is 5.92 Å². The molecule has 1 saturated heterocycles. The van der Waals surface area contributed by atoms with E-state index in [0.717, 1.165) is 31.5 Å². The third-order valence-electron chi connectivity index (χ3n) is 4.11. The van der Waals surface area contributed by atoms with Gasteiger partial charge in [0, 0.05) is 31.7 Å². The van der Waals surface area contributed by atoms with Crippen LogP contribution < -0.4 is 10.6 Å².